The molecule has 0 spiro atoms. The van der Waals surface area contributed by atoms with Crippen LogP contribution in [0.15, 0.2) is 18.2 Å². The van der Waals surface area contributed by atoms with Gasteiger partial charge in [-0.05, 0) is 37.5 Å². The first-order valence-corrected chi connectivity index (χ1v) is 6.75. The van der Waals surface area contributed by atoms with Gasteiger partial charge in [-0.2, -0.15) is 0 Å². The van der Waals surface area contributed by atoms with Gasteiger partial charge in [-0.3, -0.25) is 4.79 Å². The molecule has 0 radical (unpaired) electrons. The molecule has 0 aromatic heterocycles. The van der Waals surface area contributed by atoms with Crippen LogP contribution in [0.5, 0.6) is 0 Å². The van der Waals surface area contributed by atoms with Crippen LogP contribution in [0.25, 0.3) is 0 Å². The summed E-state index contributed by atoms with van der Waals surface area (Å²) in [5.41, 5.74) is 0.456. The van der Waals surface area contributed by atoms with Crippen LogP contribution in [0.2, 0.25) is 10.0 Å². The quantitative estimate of drug-likeness (QED) is 0.714. The standard InChI is InChI=1S/C14H18Cl2O2/c1-9(2)6-10(3)18-8-14(17)12-5-4-11(15)7-13(12)16/h4-5,7,9-10H,6,8H2,1-3H3. The summed E-state index contributed by atoms with van der Waals surface area (Å²) in [5, 5.41) is 0.887. The molecule has 0 heterocycles. The number of carbonyl (C=O) groups is 1. The topological polar surface area (TPSA) is 26.3 Å². The minimum Gasteiger partial charge on any atom is -0.370 e. The number of hydrogen-bond acceptors (Lipinski definition) is 2. The van der Waals surface area contributed by atoms with Crippen molar-refractivity contribution in [3.05, 3.63) is 33.8 Å². The molecule has 0 amide bonds. The summed E-state index contributed by atoms with van der Waals surface area (Å²) in [4.78, 5) is 11.9. The lowest BCUT2D eigenvalue weighted by Crippen LogP contribution is -2.17. The van der Waals surface area contributed by atoms with Crippen LogP contribution in [0.3, 0.4) is 0 Å². The molecule has 0 fully saturated rings. The van der Waals surface area contributed by atoms with E-state index in [1.807, 2.05) is 6.92 Å². The third-order valence-electron chi connectivity index (χ3n) is 2.53. The summed E-state index contributed by atoms with van der Waals surface area (Å²) in [6, 6.07) is 4.84. The van der Waals surface area contributed by atoms with Gasteiger partial charge in [0.05, 0.1) is 11.1 Å². The summed E-state index contributed by atoms with van der Waals surface area (Å²) in [6.45, 7) is 6.27. The third-order valence-corrected chi connectivity index (χ3v) is 3.08. The Labute approximate surface area is 118 Å². The minimum absolute atomic E-state index is 0.0508. The van der Waals surface area contributed by atoms with E-state index in [9.17, 15) is 4.79 Å². The number of halogens is 2. The molecular weight excluding hydrogens is 271 g/mol. The second-order valence-electron chi connectivity index (χ2n) is 4.80. The maximum Gasteiger partial charge on any atom is 0.189 e. The zero-order valence-electron chi connectivity index (χ0n) is 10.9. The van der Waals surface area contributed by atoms with E-state index in [1.54, 1.807) is 18.2 Å². The predicted molar refractivity (Wildman–Crippen MR) is 75.7 cm³/mol. The van der Waals surface area contributed by atoms with Gasteiger partial charge in [-0.15, -0.1) is 0 Å². The molecule has 0 N–H and O–H groups in total. The van der Waals surface area contributed by atoms with Gasteiger partial charge in [0.15, 0.2) is 5.78 Å². The van der Waals surface area contributed by atoms with Crippen molar-refractivity contribution in [3.63, 3.8) is 0 Å². The van der Waals surface area contributed by atoms with Crippen LogP contribution in [0.4, 0.5) is 0 Å². The van der Waals surface area contributed by atoms with Gasteiger partial charge in [0, 0.05) is 10.6 Å². The minimum atomic E-state index is -0.118. The van der Waals surface area contributed by atoms with Gasteiger partial charge in [0.2, 0.25) is 0 Å². The molecule has 1 rings (SSSR count). The average Bonchev–Trinajstić information content (AvgIpc) is 2.25. The smallest absolute Gasteiger partial charge is 0.189 e. The fourth-order valence-electron chi connectivity index (χ4n) is 1.74. The monoisotopic (exact) mass is 288 g/mol. The number of ketones is 1. The Bertz CT molecular complexity index is 416. The van der Waals surface area contributed by atoms with Gasteiger partial charge in [-0.25, -0.2) is 0 Å². The van der Waals surface area contributed by atoms with Crippen molar-refractivity contribution in [3.8, 4) is 0 Å². The van der Waals surface area contributed by atoms with E-state index in [1.165, 1.54) is 0 Å². The largest absolute Gasteiger partial charge is 0.370 e. The van der Waals surface area contributed by atoms with Crippen molar-refractivity contribution in [2.75, 3.05) is 6.61 Å². The van der Waals surface area contributed by atoms with E-state index < -0.39 is 0 Å². The Morgan fingerprint density at radius 1 is 1.28 bits per heavy atom. The SMILES string of the molecule is CC(C)CC(C)OCC(=O)c1ccc(Cl)cc1Cl. The van der Waals surface area contributed by atoms with Crippen LogP contribution in [0, 0.1) is 5.92 Å². The number of benzene rings is 1. The molecule has 0 aliphatic rings. The van der Waals surface area contributed by atoms with Gasteiger partial charge < -0.3 is 4.74 Å². The molecule has 0 saturated carbocycles. The first kappa shape index (κ1) is 15.5. The van der Waals surface area contributed by atoms with Crippen LogP contribution >= 0.6 is 23.2 Å². The van der Waals surface area contributed by atoms with Crippen molar-refractivity contribution < 1.29 is 9.53 Å². The lowest BCUT2D eigenvalue weighted by molar-refractivity contribution is 0.0445. The molecule has 1 unspecified atom stereocenters. The highest BCUT2D eigenvalue weighted by Crippen LogP contribution is 2.21. The van der Waals surface area contributed by atoms with E-state index >= 15 is 0 Å². The number of ether oxygens (including phenoxy) is 1. The highest BCUT2D eigenvalue weighted by atomic mass is 35.5. The van der Waals surface area contributed by atoms with E-state index in [2.05, 4.69) is 13.8 Å². The van der Waals surface area contributed by atoms with Crippen LogP contribution in [0.1, 0.15) is 37.6 Å². The van der Waals surface area contributed by atoms with Gasteiger partial charge in [0.1, 0.15) is 6.61 Å². The molecule has 1 aromatic carbocycles. The van der Waals surface area contributed by atoms with Crippen molar-refractivity contribution in [2.24, 2.45) is 5.92 Å². The first-order chi connectivity index (χ1) is 8.40. The van der Waals surface area contributed by atoms with E-state index in [0.717, 1.165) is 6.42 Å². The summed E-state index contributed by atoms with van der Waals surface area (Å²) in [7, 11) is 0. The molecule has 1 aromatic rings. The summed E-state index contributed by atoms with van der Waals surface area (Å²) < 4.78 is 5.51. The molecule has 0 aliphatic carbocycles. The van der Waals surface area contributed by atoms with E-state index in [0.29, 0.717) is 21.5 Å². The summed E-state index contributed by atoms with van der Waals surface area (Å²) in [6.07, 6.45) is 1.00. The van der Waals surface area contributed by atoms with Gasteiger partial charge >= 0.3 is 0 Å². The van der Waals surface area contributed by atoms with Crippen molar-refractivity contribution in [2.45, 2.75) is 33.3 Å². The third kappa shape index (κ3) is 4.97. The summed E-state index contributed by atoms with van der Waals surface area (Å²) in [5.74, 6) is 0.432. The van der Waals surface area contributed by atoms with Crippen molar-refractivity contribution >= 4 is 29.0 Å². The molecule has 2 nitrogen and oxygen atoms in total. The van der Waals surface area contributed by atoms with E-state index in [4.69, 9.17) is 27.9 Å². The number of hydrogen-bond donors (Lipinski definition) is 0. The maximum absolute atomic E-state index is 11.9. The van der Waals surface area contributed by atoms with Crippen LogP contribution in [-0.2, 0) is 4.74 Å². The molecule has 1 atom stereocenters. The Morgan fingerprint density at radius 3 is 2.50 bits per heavy atom. The molecule has 0 aliphatic heterocycles. The fourth-order valence-corrected chi connectivity index (χ4v) is 2.26. The molecular formula is C14H18Cl2O2. The second-order valence-corrected chi connectivity index (χ2v) is 5.64. The number of rotatable bonds is 6. The maximum atomic E-state index is 11.9. The predicted octanol–water partition coefficient (Wildman–Crippen LogP) is 4.63. The zero-order valence-corrected chi connectivity index (χ0v) is 12.4. The molecule has 0 saturated heterocycles. The summed E-state index contributed by atoms with van der Waals surface area (Å²) >= 11 is 11.7. The Morgan fingerprint density at radius 2 is 1.94 bits per heavy atom. The lowest BCUT2D eigenvalue weighted by Gasteiger charge is -2.14. The Hall–Kier alpha value is -0.570. The molecule has 4 heteroatoms. The van der Waals surface area contributed by atoms with Gasteiger partial charge in [0.25, 0.3) is 0 Å². The molecule has 0 bridgehead atoms. The average molecular weight is 289 g/mol. The zero-order chi connectivity index (χ0) is 13.7. The van der Waals surface area contributed by atoms with Crippen molar-refractivity contribution in [1.29, 1.82) is 0 Å². The highest BCUT2D eigenvalue weighted by molar-refractivity contribution is 6.36. The van der Waals surface area contributed by atoms with Crippen LogP contribution < -0.4 is 0 Å². The lowest BCUT2D eigenvalue weighted by atomic mass is 10.1. The molecule has 18 heavy (non-hydrogen) atoms. The number of carbonyl (C=O) groups excluding carboxylic acids is 1. The normalized spacial score (nSPS) is 12.8. The Kier molecular flexibility index (Phi) is 6.13. The first-order valence-electron chi connectivity index (χ1n) is 6.00. The fraction of sp³-hybridized carbons (Fsp3) is 0.500. The van der Waals surface area contributed by atoms with Crippen molar-refractivity contribution in [1.82, 2.24) is 0 Å². The second kappa shape index (κ2) is 7.13. The molecule has 100 valence electrons. The van der Waals surface area contributed by atoms with Crippen LogP contribution in [-0.4, -0.2) is 18.5 Å². The Balaban J connectivity index is 2.55. The highest BCUT2D eigenvalue weighted by Gasteiger charge is 2.13. The number of Topliss-reactive ketones (excluding diaryl/α,β-unsaturated/α-hetero) is 1. The van der Waals surface area contributed by atoms with E-state index in [-0.39, 0.29) is 18.5 Å². The van der Waals surface area contributed by atoms with Gasteiger partial charge in [-0.1, -0.05) is 37.0 Å².